The lowest BCUT2D eigenvalue weighted by molar-refractivity contribution is -0.124. The van der Waals surface area contributed by atoms with Gasteiger partial charge in [0.25, 0.3) is 0 Å². The Bertz CT molecular complexity index is 793. The maximum atomic E-state index is 12.4. The molecule has 4 rings (SSSR count). The summed E-state index contributed by atoms with van der Waals surface area (Å²) in [7, 11) is 0. The quantitative estimate of drug-likeness (QED) is 0.878. The average molecular weight is 334 g/mol. The fraction of sp³-hybridized carbons (Fsp3) is 0.333. The Morgan fingerprint density at radius 1 is 1.00 bits per heavy atom. The predicted octanol–water partition coefficient (Wildman–Crippen LogP) is 2.53. The van der Waals surface area contributed by atoms with Gasteiger partial charge in [-0.2, -0.15) is 0 Å². The van der Waals surface area contributed by atoms with E-state index in [1.165, 1.54) is 5.56 Å². The first-order valence-corrected chi connectivity index (χ1v) is 8.86. The molecule has 2 aromatic rings. The molecular formula is C21H22N2O2. The van der Waals surface area contributed by atoms with Crippen molar-refractivity contribution in [1.82, 2.24) is 10.2 Å². The van der Waals surface area contributed by atoms with Crippen LogP contribution in [-0.2, 0) is 16.8 Å². The lowest BCUT2D eigenvalue weighted by atomic mass is 9.75. The summed E-state index contributed by atoms with van der Waals surface area (Å²) in [6.45, 7) is 2.07. The van der Waals surface area contributed by atoms with Gasteiger partial charge in [-0.3, -0.25) is 14.5 Å². The van der Waals surface area contributed by atoms with E-state index in [0.29, 0.717) is 13.0 Å². The molecule has 2 aliphatic rings. The number of hydrogen-bond donors (Lipinski definition) is 1. The molecule has 1 spiro atoms. The second-order valence-electron chi connectivity index (χ2n) is 7.03. The molecule has 2 aliphatic heterocycles. The van der Waals surface area contributed by atoms with Gasteiger partial charge in [0.15, 0.2) is 5.78 Å². The van der Waals surface area contributed by atoms with Crippen LogP contribution >= 0.6 is 0 Å². The number of piperidine rings is 1. The first-order chi connectivity index (χ1) is 12.2. The zero-order valence-corrected chi connectivity index (χ0v) is 14.2. The van der Waals surface area contributed by atoms with Gasteiger partial charge in [-0.25, -0.2) is 0 Å². The Kier molecular flexibility index (Phi) is 4.14. The lowest BCUT2D eigenvalue weighted by Crippen LogP contribution is -2.56. The number of fused-ring (bicyclic) bond motifs is 2. The van der Waals surface area contributed by atoms with Gasteiger partial charge in [0.1, 0.15) is 0 Å². The van der Waals surface area contributed by atoms with Crippen LogP contribution in [0.1, 0.15) is 34.3 Å². The van der Waals surface area contributed by atoms with E-state index in [4.69, 9.17) is 0 Å². The van der Waals surface area contributed by atoms with E-state index in [1.807, 2.05) is 42.5 Å². The second kappa shape index (κ2) is 6.45. The van der Waals surface area contributed by atoms with Gasteiger partial charge >= 0.3 is 0 Å². The molecule has 2 aromatic carbocycles. The van der Waals surface area contributed by atoms with Gasteiger partial charge in [-0.05, 0) is 24.0 Å². The molecule has 4 heteroatoms. The molecule has 2 heterocycles. The molecule has 1 amide bonds. The van der Waals surface area contributed by atoms with Gasteiger partial charge in [-0.1, -0.05) is 54.6 Å². The van der Waals surface area contributed by atoms with Crippen molar-refractivity contribution in [2.75, 3.05) is 19.6 Å². The largest absolute Gasteiger partial charge is 0.346 e. The third-order valence-electron chi connectivity index (χ3n) is 5.44. The van der Waals surface area contributed by atoms with E-state index in [-0.39, 0.29) is 17.2 Å². The Hall–Kier alpha value is -2.46. The molecule has 0 atom stereocenters. The Morgan fingerprint density at radius 3 is 2.44 bits per heavy atom. The molecular weight excluding hydrogens is 312 g/mol. The van der Waals surface area contributed by atoms with Gasteiger partial charge in [0, 0.05) is 18.7 Å². The van der Waals surface area contributed by atoms with Crippen molar-refractivity contribution in [1.29, 1.82) is 0 Å². The van der Waals surface area contributed by atoms with E-state index in [0.717, 1.165) is 37.1 Å². The van der Waals surface area contributed by atoms with Crippen LogP contribution in [0.15, 0.2) is 54.6 Å². The maximum absolute atomic E-state index is 12.4. The Labute approximate surface area is 147 Å². The Morgan fingerprint density at radius 2 is 1.68 bits per heavy atom. The lowest BCUT2D eigenvalue weighted by Gasteiger charge is -2.45. The van der Waals surface area contributed by atoms with Gasteiger partial charge in [0.2, 0.25) is 5.91 Å². The first kappa shape index (κ1) is 16.0. The smallest absolute Gasteiger partial charge is 0.225 e. The highest BCUT2D eigenvalue weighted by Crippen LogP contribution is 2.37. The molecule has 0 saturated carbocycles. The van der Waals surface area contributed by atoms with Gasteiger partial charge in [0.05, 0.1) is 18.5 Å². The monoisotopic (exact) mass is 334 g/mol. The third-order valence-corrected chi connectivity index (χ3v) is 5.44. The number of rotatable bonds is 3. The zero-order valence-electron chi connectivity index (χ0n) is 14.2. The van der Waals surface area contributed by atoms with Crippen LogP contribution < -0.4 is 5.32 Å². The minimum atomic E-state index is -0.266. The molecule has 1 saturated heterocycles. The van der Waals surface area contributed by atoms with Crippen molar-refractivity contribution >= 4 is 11.7 Å². The normalized spacial score (nSPS) is 19.3. The maximum Gasteiger partial charge on any atom is 0.225 e. The molecule has 0 aromatic heterocycles. The number of benzene rings is 2. The molecule has 1 N–H and O–H groups in total. The molecule has 25 heavy (non-hydrogen) atoms. The minimum absolute atomic E-state index is 0.104. The van der Waals surface area contributed by atoms with Crippen molar-refractivity contribution in [3.63, 3.8) is 0 Å². The minimum Gasteiger partial charge on any atom is -0.346 e. The highest BCUT2D eigenvalue weighted by Gasteiger charge is 2.41. The van der Waals surface area contributed by atoms with Crippen LogP contribution in [0.3, 0.4) is 0 Å². The van der Waals surface area contributed by atoms with E-state index >= 15 is 0 Å². The number of amides is 1. The predicted molar refractivity (Wildman–Crippen MR) is 96.4 cm³/mol. The van der Waals surface area contributed by atoms with E-state index < -0.39 is 0 Å². The van der Waals surface area contributed by atoms with Crippen molar-refractivity contribution in [2.24, 2.45) is 0 Å². The SMILES string of the molecule is O=C1Cc2ccccc2C2(CCN(CC(=O)c3ccccc3)CC2)N1. The number of nitrogens with one attached hydrogen (secondary N) is 1. The van der Waals surface area contributed by atoms with Crippen molar-refractivity contribution < 1.29 is 9.59 Å². The Balaban J connectivity index is 1.47. The van der Waals surface area contributed by atoms with Crippen LogP contribution in [0.5, 0.6) is 0 Å². The highest BCUT2D eigenvalue weighted by atomic mass is 16.2. The number of Topliss-reactive ketones (excluding diaryl/α,β-unsaturated/α-hetero) is 1. The summed E-state index contributed by atoms with van der Waals surface area (Å²) < 4.78 is 0. The number of carbonyl (C=O) groups is 2. The molecule has 0 unspecified atom stereocenters. The van der Waals surface area contributed by atoms with E-state index in [2.05, 4.69) is 22.3 Å². The van der Waals surface area contributed by atoms with Gasteiger partial charge < -0.3 is 5.32 Å². The van der Waals surface area contributed by atoms with Crippen LogP contribution in [0, 0.1) is 0 Å². The molecule has 0 radical (unpaired) electrons. The van der Waals surface area contributed by atoms with Crippen molar-refractivity contribution in [3.8, 4) is 0 Å². The fourth-order valence-corrected chi connectivity index (χ4v) is 4.10. The second-order valence-corrected chi connectivity index (χ2v) is 7.03. The number of nitrogens with zero attached hydrogens (tertiary/aromatic N) is 1. The number of carbonyl (C=O) groups excluding carboxylic acids is 2. The molecule has 128 valence electrons. The number of hydrogen-bond acceptors (Lipinski definition) is 3. The highest BCUT2D eigenvalue weighted by molar-refractivity contribution is 5.97. The molecule has 0 aliphatic carbocycles. The number of ketones is 1. The van der Waals surface area contributed by atoms with Crippen LogP contribution in [0.4, 0.5) is 0 Å². The van der Waals surface area contributed by atoms with Crippen molar-refractivity contribution in [2.45, 2.75) is 24.8 Å². The first-order valence-electron chi connectivity index (χ1n) is 8.86. The molecule has 0 bridgehead atoms. The van der Waals surface area contributed by atoms with Crippen molar-refractivity contribution in [3.05, 3.63) is 71.3 Å². The summed E-state index contributed by atoms with van der Waals surface area (Å²) in [6.07, 6.45) is 2.16. The summed E-state index contributed by atoms with van der Waals surface area (Å²) >= 11 is 0. The van der Waals surface area contributed by atoms with E-state index in [1.54, 1.807) is 0 Å². The topological polar surface area (TPSA) is 49.4 Å². The van der Waals surface area contributed by atoms with Crippen LogP contribution in [-0.4, -0.2) is 36.2 Å². The van der Waals surface area contributed by atoms with E-state index in [9.17, 15) is 9.59 Å². The summed E-state index contributed by atoms with van der Waals surface area (Å²) in [4.78, 5) is 26.8. The summed E-state index contributed by atoms with van der Waals surface area (Å²) in [6, 6.07) is 17.7. The summed E-state index contributed by atoms with van der Waals surface area (Å²) in [5, 5.41) is 3.24. The molecule has 4 nitrogen and oxygen atoms in total. The third kappa shape index (κ3) is 3.10. The zero-order chi connectivity index (χ0) is 17.3. The molecule has 1 fully saturated rings. The summed E-state index contributed by atoms with van der Waals surface area (Å²) in [5.74, 6) is 0.261. The van der Waals surface area contributed by atoms with Crippen LogP contribution in [0.25, 0.3) is 0 Å². The van der Waals surface area contributed by atoms with Gasteiger partial charge in [-0.15, -0.1) is 0 Å². The number of likely N-dealkylation sites (tertiary alicyclic amines) is 1. The summed E-state index contributed by atoms with van der Waals surface area (Å²) in [5.41, 5.74) is 2.89. The standard InChI is InChI=1S/C21H22N2O2/c24-19(16-6-2-1-3-7-16)15-23-12-10-21(11-13-23)18-9-5-4-8-17(18)14-20(25)22-21/h1-9H,10-15H2,(H,22,25). The fourth-order valence-electron chi connectivity index (χ4n) is 4.10. The average Bonchev–Trinajstić information content (AvgIpc) is 2.64. The van der Waals surface area contributed by atoms with Crippen LogP contribution in [0.2, 0.25) is 0 Å².